The van der Waals surface area contributed by atoms with Gasteiger partial charge in [0.05, 0.1) is 22.8 Å². The van der Waals surface area contributed by atoms with Crippen LogP contribution in [0.15, 0.2) is 42.9 Å². The summed E-state index contributed by atoms with van der Waals surface area (Å²) >= 11 is 0. The molecule has 0 aliphatic heterocycles. The molecule has 1 atom stereocenters. The fraction of sp³-hybridized carbons (Fsp3) is 0.312. The molecule has 0 spiro atoms. The molecule has 1 aromatic carbocycles. The molecule has 5 heteroatoms. The summed E-state index contributed by atoms with van der Waals surface area (Å²) in [6, 6.07) is 8.37. The minimum atomic E-state index is 0.102. The maximum atomic E-state index is 4.41. The van der Waals surface area contributed by atoms with Gasteiger partial charge in [0.2, 0.25) is 0 Å². The number of hydrogen-bond donors (Lipinski definition) is 1. The summed E-state index contributed by atoms with van der Waals surface area (Å²) in [7, 11) is 1.97. The first-order chi connectivity index (χ1) is 10.3. The van der Waals surface area contributed by atoms with Crippen molar-refractivity contribution in [3.05, 3.63) is 54.1 Å². The summed E-state index contributed by atoms with van der Waals surface area (Å²) in [5, 5.41) is 7.79. The van der Waals surface area contributed by atoms with E-state index in [1.165, 1.54) is 11.3 Å². The zero-order valence-electron chi connectivity index (χ0n) is 12.3. The average molecular weight is 281 g/mol. The molecule has 1 N–H and O–H groups in total. The standard InChI is InChI=1S/C16H19N5/c1-3-10-21-15(6-7-20-21)16(17-2)12-4-5-13-14(11-12)19-9-8-18-13/h4-9,11,16-17H,3,10H2,1-2H3. The SMILES string of the molecule is CCCn1nccc1C(NC)c1ccc2nccnc2c1. The summed E-state index contributed by atoms with van der Waals surface area (Å²) in [6.07, 6.45) is 6.36. The van der Waals surface area contributed by atoms with Crippen molar-refractivity contribution in [2.45, 2.75) is 25.9 Å². The van der Waals surface area contributed by atoms with E-state index in [0.717, 1.165) is 24.0 Å². The van der Waals surface area contributed by atoms with Gasteiger partial charge < -0.3 is 5.32 Å². The van der Waals surface area contributed by atoms with Crippen molar-refractivity contribution in [2.24, 2.45) is 0 Å². The molecule has 0 radical (unpaired) electrons. The fourth-order valence-electron chi connectivity index (χ4n) is 2.63. The highest BCUT2D eigenvalue weighted by Crippen LogP contribution is 2.24. The van der Waals surface area contributed by atoms with Gasteiger partial charge in [0.1, 0.15) is 0 Å². The van der Waals surface area contributed by atoms with E-state index in [0.29, 0.717) is 0 Å². The van der Waals surface area contributed by atoms with Crippen LogP contribution >= 0.6 is 0 Å². The summed E-state index contributed by atoms with van der Waals surface area (Å²) in [6.45, 7) is 3.08. The predicted molar refractivity (Wildman–Crippen MR) is 83.0 cm³/mol. The van der Waals surface area contributed by atoms with Gasteiger partial charge in [0.15, 0.2) is 0 Å². The third kappa shape index (κ3) is 2.64. The van der Waals surface area contributed by atoms with Crippen molar-refractivity contribution in [2.75, 3.05) is 7.05 Å². The van der Waals surface area contributed by atoms with Crippen molar-refractivity contribution >= 4 is 11.0 Å². The Labute approximate surface area is 124 Å². The van der Waals surface area contributed by atoms with Crippen LogP contribution in [0.1, 0.15) is 30.6 Å². The molecule has 0 aliphatic carbocycles. The van der Waals surface area contributed by atoms with E-state index in [9.17, 15) is 0 Å². The average Bonchev–Trinajstić information content (AvgIpc) is 2.97. The molecule has 0 aliphatic rings. The quantitative estimate of drug-likeness (QED) is 0.781. The lowest BCUT2D eigenvalue weighted by atomic mass is 10.0. The summed E-state index contributed by atoms with van der Waals surface area (Å²) in [4.78, 5) is 8.70. The van der Waals surface area contributed by atoms with Crippen LogP contribution in [-0.2, 0) is 6.54 Å². The van der Waals surface area contributed by atoms with Crippen LogP contribution in [0.3, 0.4) is 0 Å². The molecule has 5 nitrogen and oxygen atoms in total. The van der Waals surface area contributed by atoms with Crippen molar-refractivity contribution in [1.29, 1.82) is 0 Å². The Morgan fingerprint density at radius 3 is 2.67 bits per heavy atom. The molecule has 0 saturated heterocycles. The van der Waals surface area contributed by atoms with Crippen LogP contribution < -0.4 is 5.32 Å². The van der Waals surface area contributed by atoms with E-state index < -0.39 is 0 Å². The molecule has 21 heavy (non-hydrogen) atoms. The van der Waals surface area contributed by atoms with Gasteiger partial charge in [-0.1, -0.05) is 13.0 Å². The molecule has 3 rings (SSSR count). The van der Waals surface area contributed by atoms with E-state index in [-0.39, 0.29) is 6.04 Å². The number of aryl methyl sites for hydroxylation is 1. The first kappa shape index (κ1) is 13.7. The minimum Gasteiger partial charge on any atom is -0.308 e. The Kier molecular flexibility index (Phi) is 3.92. The Bertz CT molecular complexity index is 734. The first-order valence-electron chi connectivity index (χ1n) is 7.23. The molecule has 2 aromatic heterocycles. The van der Waals surface area contributed by atoms with Gasteiger partial charge in [-0.05, 0) is 37.2 Å². The number of fused-ring (bicyclic) bond motifs is 1. The van der Waals surface area contributed by atoms with E-state index >= 15 is 0 Å². The number of benzene rings is 1. The number of nitrogens with zero attached hydrogens (tertiary/aromatic N) is 4. The van der Waals surface area contributed by atoms with E-state index in [4.69, 9.17) is 0 Å². The predicted octanol–water partition coefficient (Wildman–Crippen LogP) is 2.55. The molecule has 3 aromatic rings. The molecule has 1 unspecified atom stereocenters. The normalized spacial score (nSPS) is 12.7. The van der Waals surface area contributed by atoms with Crippen LogP contribution in [-0.4, -0.2) is 26.8 Å². The second-order valence-corrected chi connectivity index (χ2v) is 5.01. The van der Waals surface area contributed by atoms with Crippen molar-refractivity contribution in [1.82, 2.24) is 25.1 Å². The molecule has 0 fully saturated rings. The molecular formula is C16H19N5. The Hall–Kier alpha value is -2.27. The largest absolute Gasteiger partial charge is 0.308 e. The third-order valence-electron chi connectivity index (χ3n) is 3.60. The molecule has 0 amide bonds. The lowest BCUT2D eigenvalue weighted by Gasteiger charge is -2.18. The first-order valence-corrected chi connectivity index (χ1v) is 7.23. The Balaban J connectivity index is 2.03. The zero-order chi connectivity index (χ0) is 14.7. The lowest BCUT2D eigenvalue weighted by Crippen LogP contribution is -2.21. The number of nitrogens with one attached hydrogen (secondary N) is 1. The van der Waals surface area contributed by atoms with Gasteiger partial charge in [0, 0.05) is 25.1 Å². The Morgan fingerprint density at radius 1 is 1.10 bits per heavy atom. The summed E-state index contributed by atoms with van der Waals surface area (Å²) < 4.78 is 2.06. The van der Waals surface area contributed by atoms with Gasteiger partial charge in [-0.3, -0.25) is 14.6 Å². The lowest BCUT2D eigenvalue weighted by molar-refractivity contribution is 0.535. The molecular weight excluding hydrogens is 262 g/mol. The van der Waals surface area contributed by atoms with Gasteiger partial charge in [-0.15, -0.1) is 0 Å². The topological polar surface area (TPSA) is 55.6 Å². The summed E-state index contributed by atoms with van der Waals surface area (Å²) in [5.74, 6) is 0. The Morgan fingerprint density at radius 2 is 1.90 bits per heavy atom. The highest BCUT2D eigenvalue weighted by Gasteiger charge is 2.17. The highest BCUT2D eigenvalue weighted by atomic mass is 15.3. The van der Waals surface area contributed by atoms with Crippen LogP contribution in [0, 0.1) is 0 Å². The molecule has 108 valence electrons. The maximum Gasteiger partial charge on any atom is 0.0890 e. The molecule has 2 heterocycles. The maximum absolute atomic E-state index is 4.41. The molecule has 0 saturated carbocycles. The smallest absolute Gasteiger partial charge is 0.0890 e. The highest BCUT2D eigenvalue weighted by molar-refractivity contribution is 5.74. The fourth-order valence-corrected chi connectivity index (χ4v) is 2.63. The van der Waals surface area contributed by atoms with Crippen LogP contribution in [0.25, 0.3) is 11.0 Å². The monoisotopic (exact) mass is 281 g/mol. The van der Waals surface area contributed by atoms with Crippen molar-refractivity contribution in [3.63, 3.8) is 0 Å². The number of rotatable bonds is 5. The number of aromatic nitrogens is 4. The van der Waals surface area contributed by atoms with Gasteiger partial charge >= 0.3 is 0 Å². The van der Waals surface area contributed by atoms with Gasteiger partial charge in [-0.25, -0.2) is 0 Å². The second-order valence-electron chi connectivity index (χ2n) is 5.01. The van der Waals surface area contributed by atoms with Gasteiger partial charge in [0.25, 0.3) is 0 Å². The van der Waals surface area contributed by atoms with Crippen LogP contribution in [0.2, 0.25) is 0 Å². The van der Waals surface area contributed by atoms with E-state index in [2.05, 4.69) is 50.2 Å². The zero-order valence-corrected chi connectivity index (χ0v) is 12.3. The van der Waals surface area contributed by atoms with Crippen LogP contribution in [0.5, 0.6) is 0 Å². The van der Waals surface area contributed by atoms with E-state index in [1.54, 1.807) is 12.4 Å². The van der Waals surface area contributed by atoms with Crippen molar-refractivity contribution < 1.29 is 0 Å². The van der Waals surface area contributed by atoms with E-state index in [1.807, 2.05) is 19.3 Å². The summed E-state index contributed by atoms with van der Waals surface area (Å²) in [5.41, 5.74) is 4.17. The minimum absolute atomic E-state index is 0.102. The second kappa shape index (κ2) is 6.01. The third-order valence-corrected chi connectivity index (χ3v) is 3.60. The molecule has 0 bridgehead atoms. The van der Waals surface area contributed by atoms with Crippen molar-refractivity contribution in [3.8, 4) is 0 Å². The van der Waals surface area contributed by atoms with Gasteiger partial charge in [-0.2, -0.15) is 5.10 Å². The number of hydrogen-bond acceptors (Lipinski definition) is 4. The van der Waals surface area contributed by atoms with Crippen LogP contribution in [0.4, 0.5) is 0 Å².